The summed E-state index contributed by atoms with van der Waals surface area (Å²) in [6.07, 6.45) is 4.32. The molecule has 0 unspecified atom stereocenters. The van der Waals surface area contributed by atoms with Crippen LogP contribution < -0.4 is 11.1 Å². The molecular formula is C16H20N2O. The van der Waals surface area contributed by atoms with Crippen LogP contribution in [0.25, 0.3) is 0 Å². The van der Waals surface area contributed by atoms with Gasteiger partial charge in [-0.25, -0.2) is 0 Å². The van der Waals surface area contributed by atoms with E-state index in [1.807, 2.05) is 25.1 Å². The smallest absolute Gasteiger partial charge is 0.227 e. The summed E-state index contributed by atoms with van der Waals surface area (Å²) in [4.78, 5) is 12.1. The molecule has 1 amide bonds. The lowest BCUT2D eigenvalue weighted by atomic mass is 10.1. The maximum atomic E-state index is 12.1. The minimum absolute atomic E-state index is 0.122. The third kappa shape index (κ3) is 3.59. The zero-order valence-corrected chi connectivity index (χ0v) is 11.3. The fraction of sp³-hybridized carbons (Fsp3) is 0.438. The van der Waals surface area contributed by atoms with E-state index in [1.165, 1.54) is 0 Å². The highest BCUT2D eigenvalue weighted by atomic mass is 16.1. The Hall–Kier alpha value is -1.79. The van der Waals surface area contributed by atoms with Gasteiger partial charge in [0.05, 0.1) is 12.2 Å². The van der Waals surface area contributed by atoms with E-state index in [-0.39, 0.29) is 11.8 Å². The first kappa shape index (κ1) is 13.6. The molecule has 1 aromatic rings. The SMILES string of the molecule is Cc1ccc(NC(=O)C2CCCC2)c(C#CCN)c1. The van der Waals surface area contributed by atoms with Crippen molar-refractivity contribution in [3.8, 4) is 11.8 Å². The van der Waals surface area contributed by atoms with Gasteiger partial charge in [0.1, 0.15) is 0 Å². The first-order chi connectivity index (χ1) is 9.20. The van der Waals surface area contributed by atoms with E-state index in [2.05, 4.69) is 17.2 Å². The summed E-state index contributed by atoms with van der Waals surface area (Å²) in [5.74, 6) is 6.15. The molecule has 0 heterocycles. The van der Waals surface area contributed by atoms with Crippen molar-refractivity contribution in [2.45, 2.75) is 32.6 Å². The van der Waals surface area contributed by atoms with Crippen LogP contribution in [-0.4, -0.2) is 12.5 Å². The van der Waals surface area contributed by atoms with Crippen molar-refractivity contribution >= 4 is 11.6 Å². The molecule has 1 saturated carbocycles. The molecule has 0 bridgehead atoms. The van der Waals surface area contributed by atoms with E-state index in [1.54, 1.807) is 0 Å². The largest absolute Gasteiger partial charge is 0.325 e. The predicted molar refractivity (Wildman–Crippen MR) is 77.7 cm³/mol. The average Bonchev–Trinajstić information content (AvgIpc) is 2.93. The van der Waals surface area contributed by atoms with Crippen LogP contribution in [0.4, 0.5) is 5.69 Å². The van der Waals surface area contributed by atoms with Gasteiger partial charge in [-0.15, -0.1) is 0 Å². The molecule has 0 aromatic heterocycles. The Bertz CT molecular complexity index is 519. The fourth-order valence-electron chi connectivity index (χ4n) is 2.44. The molecule has 3 nitrogen and oxygen atoms in total. The van der Waals surface area contributed by atoms with Gasteiger partial charge in [0.2, 0.25) is 5.91 Å². The standard InChI is InChI=1S/C16H20N2O/c1-12-8-9-15(14(11-12)7-4-10-17)18-16(19)13-5-2-3-6-13/h8-9,11,13H,2-3,5-6,10,17H2,1H3,(H,18,19). The minimum atomic E-state index is 0.122. The number of hydrogen-bond acceptors (Lipinski definition) is 2. The van der Waals surface area contributed by atoms with Crippen LogP contribution >= 0.6 is 0 Å². The Morgan fingerprint density at radius 3 is 2.84 bits per heavy atom. The highest BCUT2D eigenvalue weighted by Crippen LogP contribution is 2.26. The van der Waals surface area contributed by atoms with Crippen LogP contribution in [0.3, 0.4) is 0 Å². The lowest BCUT2D eigenvalue weighted by molar-refractivity contribution is -0.119. The molecule has 1 aliphatic rings. The molecule has 0 radical (unpaired) electrons. The summed E-state index contributed by atoms with van der Waals surface area (Å²) in [5.41, 5.74) is 8.17. The first-order valence-electron chi connectivity index (χ1n) is 6.81. The molecule has 0 atom stereocenters. The lowest BCUT2D eigenvalue weighted by Crippen LogP contribution is -2.20. The Morgan fingerprint density at radius 2 is 2.16 bits per heavy atom. The number of carbonyl (C=O) groups excluding carboxylic acids is 1. The van der Waals surface area contributed by atoms with Crippen molar-refractivity contribution in [2.24, 2.45) is 11.7 Å². The molecule has 1 fully saturated rings. The van der Waals surface area contributed by atoms with Gasteiger partial charge >= 0.3 is 0 Å². The first-order valence-corrected chi connectivity index (χ1v) is 6.81. The summed E-state index contributed by atoms with van der Waals surface area (Å²) in [5, 5.41) is 3.01. The van der Waals surface area contributed by atoms with Gasteiger partial charge in [-0.05, 0) is 37.5 Å². The van der Waals surface area contributed by atoms with E-state index in [0.29, 0.717) is 6.54 Å². The summed E-state index contributed by atoms with van der Waals surface area (Å²) >= 11 is 0. The average molecular weight is 256 g/mol. The van der Waals surface area contributed by atoms with E-state index >= 15 is 0 Å². The molecule has 100 valence electrons. The molecule has 0 spiro atoms. The molecule has 1 aromatic carbocycles. The van der Waals surface area contributed by atoms with Crippen molar-refractivity contribution < 1.29 is 4.79 Å². The third-order valence-electron chi connectivity index (χ3n) is 3.48. The van der Waals surface area contributed by atoms with E-state index in [4.69, 9.17) is 5.73 Å². The number of carbonyl (C=O) groups is 1. The van der Waals surface area contributed by atoms with E-state index < -0.39 is 0 Å². The van der Waals surface area contributed by atoms with Crippen LogP contribution in [0.5, 0.6) is 0 Å². The number of nitrogens with two attached hydrogens (primary N) is 1. The quantitative estimate of drug-likeness (QED) is 0.798. The molecule has 3 heteroatoms. The number of amides is 1. The molecule has 3 N–H and O–H groups in total. The number of benzene rings is 1. The van der Waals surface area contributed by atoms with Gasteiger partial charge in [0.15, 0.2) is 0 Å². The van der Waals surface area contributed by atoms with Crippen molar-refractivity contribution in [3.63, 3.8) is 0 Å². The van der Waals surface area contributed by atoms with Crippen molar-refractivity contribution in [2.75, 3.05) is 11.9 Å². The Kier molecular flexibility index (Phi) is 4.59. The number of aryl methyl sites for hydroxylation is 1. The van der Waals surface area contributed by atoms with Gasteiger partial charge in [-0.1, -0.05) is 30.7 Å². The number of hydrogen-bond donors (Lipinski definition) is 2. The number of nitrogens with one attached hydrogen (secondary N) is 1. The second-order valence-corrected chi connectivity index (χ2v) is 5.03. The summed E-state index contributed by atoms with van der Waals surface area (Å²) < 4.78 is 0. The van der Waals surface area contributed by atoms with Gasteiger partial charge in [0, 0.05) is 11.5 Å². The molecule has 2 rings (SSSR count). The van der Waals surface area contributed by atoms with Crippen molar-refractivity contribution in [1.29, 1.82) is 0 Å². The third-order valence-corrected chi connectivity index (χ3v) is 3.48. The summed E-state index contributed by atoms with van der Waals surface area (Å²) in [6, 6.07) is 5.88. The zero-order chi connectivity index (χ0) is 13.7. The summed E-state index contributed by atoms with van der Waals surface area (Å²) in [7, 11) is 0. The lowest BCUT2D eigenvalue weighted by Gasteiger charge is -2.12. The molecule has 0 saturated heterocycles. The van der Waals surface area contributed by atoms with E-state index in [0.717, 1.165) is 42.5 Å². The molecule has 1 aliphatic carbocycles. The second-order valence-electron chi connectivity index (χ2n) is 5.03. The van der Waals surface area contributed by atoms with Crippen LogP contribution in [0.2, 0.25) is 0 Å². The monoisotopic (exact) mass is 256 g/mol. The number of rotatable bonds is 2. The topological polar surface area (TPSA) is 55.1 Å². The van der Waals surface area contributed by atoms with Crippen LogP contribution in [-0.2, 0) is 4.79 Å². The fourth-order valence-corrected chi connectivity index (χ4v) is 2.44. The Balaban J connectivity index is 2.16. The van der Waals surface area contributed by atoms with Gasteiger partial charge in [-0.3, -0.25) is 4.79 Å². The molecular weight excluding hydrogens is 236 g/mol. The van der Waals surface area contributed by atoms with Crippen molar-refractivity contribution in [1.82, 2.24) is 0 Å². The highest BCUT2D eigenvalue weighted by molar-refractivity contribution is 5.94. The highest BCUT2D eigenvalue weighted by Gasteiger charge is 2.22. The zero-order valence-electron chi connectivity index (χ0n) is 11.3. The van der Waals surface area contributed by atoms with Crippen molar-refractivity contribution in [3.05, 3.63) is 29.3 Å². The predicted octanol–water partition coefficient (Wildman–Crippen LogP) is 2.43. The second kappa shape index (κ2) is 6.40. The number of anilines is 1. The van der Waals surface area contributed by atoms with Gasteiger partial charge in [0.25, 0.3) is 0 Å². The Morgan fingerprint density at radius 1 is 1.42 bits per heavy atom. The normalized spacial score (nSPS) is 14.8. The van der Waals surface area contributed by atoms with Crippen LogP contribution in [0.1, 0.15) is 36.8 Å². The molecule has 0 aliphatic heterocycles. The van der Waals surface area contributed by atoms with Crippen LogP contribution in [0, 0.1) is 24.7 Å². The van der Waals surface area contributed by atoms with E-state index in [9.17, 15) is 4.79 Å². The summed E-state index contributed by atoms with van der Waals surface area (Å²) in [6.45, 7) is 2.33. The van der Waals surface area contributed by atoms with Gasteiger partial charge < -0.3 is 11.1 Å². The molecule has 19 heavy (non-hydrogen) atoms. The maximum Gasteiger partial charge on any atom is 0.227 e. The van der Waals surface area contributed by atoms with Gasteiger partial charge in [-0.2, -0.15) is 0 Å². The maximum absolute atomic E-state index is 12.1. The van der Waals surface area contributed by atoms with Crippen LogP contribution in [0.15, 0.2) is 18.2 Å². The Labute approximate surface area is 114 Å². The minimum Gasteiger partial charge on any atom is -0.325 e.